The van der Waals surface area contributed by atoms with E-state index in [-0.39, 0.29) is 18.2 Å². The van der Waals surface area contributed by atoms with E-state index in [2.05, 4.69) is 12.2 Å². The minimum absolute atomic E-state index is 0.0828. The van der Waals surface area contributed by atoms with Gasteiger partial charge in [-0.05, 0) is 24.2 Å². The van der Waals surface area contributed by atoms with Crippen LogP contribution in [0.1, 0.15) is 44.6 Å². The van der Waals surface area contributed by atoms with Gasteiger partial charge < -0.3 is 16.0 Å². The molecule has 5 nitrogen and oxygen atoms in total. The summed E-state index contributed by atoms with van der Waals surface area (Å²) in [6.07, 6.45) is 3.60. The van der Waals surface area contributed by atoms with E-state index in [0.717, 1.165) is 24.8 Å². The van der Waals surface area contributed by atoms with Crippen LogP contribution in [0, 0.1) is 0 Å². The van der Waals surface area contributed by atoms with Crippen LogP contribution in [0.25, 0.3) is 0 Å². The highest BCUT2D eigenvalue weighted by atomic mass is 32.1. The van der Waals surface area contributed by atoms with E-state index in [0.29, 0.717) is 24.6 Å². The Bertz CT molecular complexity index is 520. The van der Waals surface area contributed by atoms with Gasteiger partial charge in [-0.2, -0.15) is 0 Å². The number of hydrogen-bond donors (Lipinski definition) is 2. The third kappa shape index (κ3) is 8.30. The zero-order valence-electron chi connectivity index (χ0n) is 13.6. The minimum atomic E-state index is -0.389. The Labute approximate surface area is 143 Å². The van der Waals surface area contributed by atoms with Gasteiger partial charge in [0.1, 0.15) is 0 Å². The van der Waals surface area contributed by atoms with Crippen molar-refractivity contribution in [1.82, 2.24) is 10.2 Å². The molecule has 0 aliphatic carbocycles. The topological polar surface area (TPSA) is 75.4 Å². The summed E-state index contributed by atoms with van der Waals surface area (Å²) < 4.78 is 0. The monoisotopic (exact) mass is 335 g/mol. The second kappa shape index (κ2) is 10.7. The van der Waals surface area contributed by atoms with Gasteiger partial charge in [0.2, 0.25) is 11.8 Å². The molecule has 0 bridgehead atoms. The van der Waals surface area contributed by atoms with Gasteiger partial charge in [0.15, 0.2) is 5.11 Å². The lowest BCUT2D eigenvalue weighted by molar-refractivity contribution is -0.120. The van der Waals surface area contributed by atoms with Gasteiger partial charge in [0.25, 0.3) is 0 Å². The summed E-state index contributed by atoms with van der Waals surface area (Å²) >= 11 is 5.32. The van der Waals surface area contributed by atoms with E-state index in [1.54, 1.807) is 4.90 Å². The van der Waals surface area contributed by atoms with E-state index >= 15 is 0 Å². The zero-order valence-corrected chi connectivity index (χ0v) is 14.4. The summed E-state index contributed by atoms with van der Waals surface area (Å²) in [7, 11) is 0. The third-order valence-corrected chi connectivity index (χ3v) is 3.75. The van der Waals surface area contributed by atoms with Crippen molar-refractivity contribution in [3.8, 4) is 0 Å². The van der Waals surface area contributed by atoms with E-state index in [4.69, 9.17) is 18.0 Å². The zero-order chi connectivity index (χ0) is 17.1. The number of hydrogen-bond acceptors (Lipinski definition) is 3. The number of unbranched alkanes of at least 4 members (excludes halogenated alkanes) is 2. The van der Waals surface area contributed by atoms with Crippen LogP contribution in [-0.2, 0) is 16.1 Å². The Balaban J connectivity index is 2.60. The Morgan fingerprint density at radius 3 is 2.48 bits per heavy atom. The molecule has 0 heterocycles. The van der Waals surface area contributed by atoms with E-state index in [9.17, 15) is 9.59 Å². The number of thiocarbonyl (C=S) groups is 1. The van der Waals surface area contributed by atoms with Gasteiger partial charge in [-0.1, -0.05) is 50.1 Å². The van der Waals surface area contributed by atoms with Crippen molar-refractivity contribution in [2.45, 2.75) is 45.6 Å². The molecule has 3 N–H and O–H groups in total. The fourth-order valence-corrected chi connectivity index (χ4v) is 2.37. The smallest absolute Gasteiger partial charge is 0.226 e. The number of benzene rings is 1. The standard InChI is InChI=1S/C17H25N3O2S/c1-2-3-5-10-16(22)19-17(23)20(12-11-15(18)21)13-14-8-6-4-7-9-14/h4,6-9H,2-3,5,10-13H2,1H3,(H2,18,21)(H,19,22,23). The van der Waals surface area contributed by atoms with Crippen LogP contribution in [0.15, 0.2) is 30.3 Å². The highest BCUT2D eigenvalue weighted by molar-refractivity contribution is 7.80. The second-order valence-corrected chi connectivity index (χ2v) is 5.82. The lowest BCUT2D eigenvalue weighted by Gasteiger charge is -2.25. The van der Waals surface area contributed by atoms with Crippen LogP contribution in [0.2, 0.25) is 0 Å². The molecule has 1 rings (SSSR count). The van der Waals surface area contributed by atoms with Crippen LogP contribution in [-0.4, -0.2) is 28.4 Å². The molecule has 6 heteroatoms. The van der Waals surface area contributed by atoms with Crippen molar-refractivity contribution in [3.05, 3.63) is 35.9 Å². The number of carbonyl (C=O) groups is 2. The Kier molecular flexibility index (Phi) is 8.90. The summed E-state index contributed by atoms with van der Waals surface area (Å²) in [5.74, 6) is -0.472. The SMILES string of the molecule is CCCCCC(=O)NC(=S)N(CCC(N)=O)Cc1ccccc1. The number of carbonyl (C=O) groups excluding carboxylic acids is 2. The van der Waals surface area contributed by atoms with Gasteiger partial charge in [0, 0.05) is 25.9 Å². The summed E-state index contributed by atoms with van der Waals surface area (Å²) in [4.78, 5) is 24.7. The van der Waals surface area contributed by atoms with Gasteiger partial charge >= 0.3 is 0 Å². The fourth-order valence-electron chi connectivity index (χ4n) is 2.10. The lowest BCUT2D eigenvalue weighted by Crippen LogP contribution is -2.43. The molecule has 1 aromatic carbocycles. The molecule has 23 heavy (non-hydrogen) atoms. The predicted octanol–water partition coefficient (Wildman–Crippen LogP) is 2.35. The molecule has 2 amide bonds. The van der Waals surface area contributed by atoms with Gasteiger partial charge in [-0.15, -0.1) is 0 Å². The maximum Gasteiger partial charge on any atom is 0.226 e. The minimum Gasteiger partial charge on any atom is -0.370 e. The molecule has 0 saturated carbocycles. The quantitative estimate of drug-likeness (QED) is 0.536. The van der Waals surface area contributed by atoms with Gasteiger partial charge in [-0.25, -0.2) is 0 Å². The van der Waals surface area contributed by atoms with Crippen molar-refractivity contribution in [1.29, 1.82) is 0 Å². The van der Waals surface area contributed by atoms with E-state index < -0.39 is 0 Å². The van der Waals surface area contributed by atoms with Gasteiger partial charge in [-0.3, -0.25) is 9.59 Å². The number of amides is 2. The molecule has 1 aromatic rings. The van der Waals surface area contributed by atoms with Crippen LogP contribution in [0.4, 0.5) is 0 Å². The number of nitrogens with one attached hydrogen (secondary N) is 1. The molecule has 0 aliphatic heterocycles. The van der Waals surface area contributed by atoms with Crippen LogP contribution in [0.5, 0.6) is 0 Å². The first-order valence-corrected chi connectivity index (χ1v) is 8.34. The molecule has 0 spiro atoms. The summed E-state index contributed by atoms with van der Waals surface area (Å²) in [5.41, 5.74) is 6.28. The third-order valence-electron chi connectivity index (χ3n) is 3.39. The van der Waals surface area contributed by atoms with E-state index in [1.807, 2.05) is 30.3 Å². The average molecular weight is 335 g/mol. The largest absolute Gasteiger partial charge is 0.370 e. The lowest BCUT2D eigenvalue weighted by atomic mass is 10.2. The molecular formula is C17H25N3O2S. The van der Waals surface area contributed by atoms with Crippen molar-refractivity contribution in [2.75, 3.05) is 6.54 Å². The van der Waals surface area contributed by atoms with Crippen LogP contribution in [0.3, 0.4) is 0 Å². The van der Waals surface area contributed by atoms with Crippen molar-refractivity contribution in [2.24, 2.45) is 5.73 Å². The van der Waals surface area contributed by atoms with Crippen molar-refractivity contribution < 1.29 is 9.59 Å². The Morgan fingerprint density at radius 2 is 1.87 bits per heavy atom. The molecule has 0 fully saturated rings. The normalized spacial score (nSPS) is 10.1. The second-order valence-electron chi connectivity index (χ2n) is 5.43. The molecular weight excluding hydrogens is 310 g/mol. The first-order chi connectivity index (χ1) is 11.0. The van der Waals surface area contributed by atoms with Gasteiger partial charge in [0.05, 0.1) is 0 Å². The number of nitrogens with two attached hydrogens (primary N) is 1. The molecule has 0 aromatic heterocycles. The molecule has 0 atom stereocenters. The first kappa shape index (κ1) is 19.1. The highest BCUT2D eigenvalue weighted by Crippen LogP contribution is 2.06. The fraction of sp³-hybridized carbons (Fsp3) is 0.471. The Hall–Kier alpha value is -1.95. The number of rotatable bonds is 9. The molecule has 0 unspecified atom stereocenters. The highest BCUT2D eigenvalue weighted by Gasteiger charge is 2.14. The summed E-state index contributed by atoms with van der Waals surface area (Å²) in [6, 6.07) is 9.76. The number of primary amides is 1. The molecule has 0 saturated heterocycles. The van der Waals surface area contributed by atoms with Crippen LogP contribution >= 0.6 is 12.2 Å². The maximum atomic E-state index is 11.9. The first-order valence-electron chi connectivity index (χ1n) is 7.94. The van der Waals surface area contributed by atoms with E-state index in [1.165, 1.54) is 0 Å². The molecule has 126 valence electrons. The molecule has 0 radical (unpaired) electrons. The maximum absolute atomic E-state index is 11.9. The molecule has 0 aliphatic rings. The summed E-state index contributed by atoms with van der Waals surface area (Å²) in [6.45, 7) is 3.01. The van der Waals surface area contributed by atoms with Crippen molar-refractivity contribution in [3.63, 3.8) is 0 Å². The average Bonchev–Trinajstić information content (AvgIpc) is 2.52. The predicted molar refractivity (Wildman–Crippen MR) is 95.5 cm³/mol. The number of nitrogens with zero attached hydrogens (tertiary/aromatic N) is 1. The summed E-state index contributed by atoms with van der Waals surface area (Å²) in [5, 5.41) is 3.09. The van der Waals surface area contributed by atoms with Crippen LogP contribution < -0.4 is 11.1 Å². The van der Waals surface area contributed by atoms with Crippen molar-refractivity contribution >= 4 is 29.1 Å². The Morgan fingerprint density at radius 1 is 1.17 bits per heavy atom.